The summed E-state index contributed by atoms with van der Waals surface area (Å²) in [6.45, 7) is 4.90. The van der Waals surface area contributed by atoms with E-state index in [4.69, 9.17) is 32.7 Å². The van der Waals surface area contributed by atoms with Gasteiger partial charge in [0, 0.05) is 16.3 Å². The van der Waals surface area contributed by atoms with Crippen molar-refractivity contribution in [1.29, 1.82) is 0 Å². The van der Waals surface area contributed by atoms with Crippen molar-refractivity contribution in [2.24, 2.45) is 4.99 Å². The minimum atomic E-state index is 0.412. The predicted molar refractivity (Wildman–Crippen MR) is 117 cm³/mol. The van der Waals surface area contributed by atoms with Gasteiger partial charge in [-0.05, 0) is 73.0 Å². The van der Waals surface area contributed by atoms with Crippen LogP contribution in [0.1, 0.15) is 23.6 Å². The van der Waals surface area contributed by atoms with Crippen LogP contribution in [0.3, 0.4) is 0 Å². The summed E-state index contributed by atoms with van der Waals surface area (Å²) in [4.78, 5) is 4.55. The number of benzene rings is 3. The summed E-state index contributed by atoms with van der Waals surface area (Å²) < 4.78 is 11.7. The molecule has 0 fully saturated rings. The number of rotatable bonds is 7. The first-order valence-corrected chi connectivity index (χ1v) is 9.75. The third-order valence-electron chi connectivity index (χ3n) is 4.07. The van der Waals surface area contributed by atoms with E-state index < -0.39 is 0 Å². The molecule has 3 nitrogen and oxygen atoms in total. The zero-order valence-corrected chi connectivity index (χ0v) is 17.3. The lowest BCUT2D eigenvalue weighted by Crippen LogP contribution is -2.00. The second-order valence-electron chi connectivity index (χ2n) is 6.25. The lowest BCUT2D eigenvalue weighted by atomic mass is 10.2. The number of aliphatic imine (C=N–C) groups is 1. The molecular formula is C23H21Cl2NO2. The summed E-state index contributed by atoms with van der Waals surface area (Å²) in [6.07, 6.45) is 1.79. The molecule has 0 radical (unpaired) electrons. The molecule has 5 heteroatoms. The van der Waals surface area contributed by atoms with Crippen molar-refractivity contribution in [3.63, 3.8) is 0 Å². The van der Waals surface area contributed by atoms with E-state index in [2.05, 4.69) is 4.99 Å². The van der Waals surface area contributed by atoms with Crippen molar-refractivity contribution in [2.45, 2.75) is 20.5 Å². The second-order valence-corrected chi connectivity index (χ2v) is 7.12. The summed E-state index contributed by atoms with van der Waals surface area (Å²) in [5.74, 6) is 1.36. The van der Waals surface area contributed by atoms with Crippen LogP contribution in [-0.4, -0.2) is 12.8 Å². The number of halogens is 2. The molecule has 28 heavy (non-hydrogen) atoms. The minimum Gasteiger partial charge on any atom is -0.490 e. The Morgan fingerprint density at radius 3 is 2.50 bits per heavy atom. The normalized spacial score (nSPS) is 11.0. The van der Waals surface area contributed by atoms with E-state index in [9.17, 15) is 0 Å². The van der Waals surface area contributed by atoms with Crippen LogP contribution in [0.5, 0.6) is 11.5 Å². The van der Waals surface area contributed by atoms with Gasteiger partial charge in [0.1, 0.15) is 6.61 Å². The molecular weight excluding hydrogens is 393 g/mol. The lowest BCUT2D eigenvalue weighted by molar-refractivity contribution is 0.269. The molecule has 0 unspecified atom stereocenters. The highest BCUT2D eigenvalue weighted by atomic mass is 35.5. The predicted octanol–water partition coefficient (Wildman–Crippen LogP) is 7.03. The van der Waals surface area contributed by atoms with Gasteiger partial charge in [0.15, 0.2) is 11.5 Å². The Hall–Kier alpha value is -2.49. The molecule has 0 spiro atoms. The molecule has 0 N–H and O–H groups in total. The summed E-state index contributed by atoms with van der Waals surface area (Å²) in [5, 5.41) is 1.35. The maximum absolute atomic E-state index is 6.06. The second kappa shape index (κ2) is 9.63. The molecule has 0 aliphatic carbocycles. The summed E-state index contributed by atoms with van der Waals surface area (Å²) in [6, 6.07) is 19.0. The van der Waals surface area contributed by atoms with Crippen LogP contribution in [0.15, 0.2) is 65.7 Å². The van der Waals surface area contributed by atoms with Crippen LogP contribution in [0.25, 0.3) is 0 Å². The first-order valence-electron chi connectivity index (χ1n) is 8.99. The number of hydrogen-bond acceptors (Lipinski definition) is 3. The van der Waals surface area contributed by atoms with E-state index in [-0.39, 0.29) is 0 Å². The quantitative estimate of drug-likeness (QED) is 0.389. The van der Waals surface area contributed by atoms with E-state index in [0.29, 0.717) is 34.8 Å². The molecule has 0 aliphatic heterocycles. The van der Waals surface area contributed by atoms with Crippen molar-refractivity contribution in [3.05, 3.63) is 87.4 Å². The highest BCUT2D eigenvalue weighted by Crippen LogP contribution is 2.30. The average Bonchev–Trinajstić information content (AvgIpc) is 2.68. The van der Waals surface area contributed by atoms with E-state index in [1.54, 1.807) is 6.21 Å². The highest BCUT2D eigenvalue weighted by molar-refractivity contribution is 6.31. The van der Waals surface area contributed by atoms with Crippen LogP contribution in [0.4, 0.5) is 5.69 Å². The SMILES string of the molecule is CCOc1cc(C=Nc2cc(Cl)ccc2C)ccc1OCc1cccc(Cl)c1. The fourth-order valence-electron chi connectivity index (χ4n) is 2.65. The van der Waals surface area contributed by atoms with E-state index in [1.165, 1.54) is 0 Å². The molecule has 3 aromatic carbocycles. The Morgan fingerprint density at radius 2 is 1.71 bits per heavy atom. The molecule has 0 aliphatic rings. The van der Waals surface area contributed by atoms with E-state index in [0.717, 1.165) is 22.4 Å². The number of hydrogen-bond donors (Lipinski definition) is 0. The first-order chi connectivity index (χ1) is 13.5. The van der Waals surface area contributed by atoms with Gasteiger partial charge in [-0.25, -0.2) is 0 Å². The number of ether oxygens (including phenoxy) is 2. The third kappa shape index (κ3) is 5.51. The number of aryl methyl sites for hydroxylation is 1. The van der Waals surface area contributed by atoms with E-state index in [1.807, 2.05) is 74.5 Å². The van der Waals surface area contributed by atoms with Gasteiger partial charge in [0.25, 0.3) is 0 Å². The largest absolute Gasteiger partial charge is 0.490 e. The van der Waals surface area contributed by atoms with Gasteiger partial charge < -0.3 is 9.47 Å². The van der Waals surface area contributed by atoms with Crippen LogP contribution in [0.2, 0.25) is 10.0 Å². The van der Waals surface area contributed by atoms with Gasteiger partial charge in [0.2, 0.25) is 0 Å². The molecule has 144 valence electrons. The summed E-state index contributed by atoms with van der Waals surface area (Å²) in [7, 11) is 0. The van der Waals surface area contributed by atoms with Crippen molar-refractivity contribution >= 4 is 35.1 Å². The molecule has 3 aromatic rings. The molecule has 0 bridgehead atoms. The van der Waals surface area contributed by atoms with Gasteiger partial charge in [-0.15, -0.1) is 0 Å². The Morgan fingerprint density at radius 1 is 0.893 bits per heavy atom. The Balaban J connectivity index is 1.78. The Bertz CT molecular complexity index is 986. The highest BCUT2D eigenvalue weighted by Gasteiger charge is 2.07. The van der Waals surface area contributed by atoms with Gasteiger partial charge in [-0.2, -0.15) is 0 Å². The lowest BCUT2D eigenvalue weighted by Gasteiger charge is -2.13. The third-order valence-corrected chi connectivity index (χ3v) is 4.55. The standard InChI is InChI=1S/C23H21Cl2NO2/c1-3-27-23-12-17(14-26-21-13-20(25)9-7-16(21)2)8-10-22(23)28-15-18-5-4-6-19(24)11-18/h4-14H,3,15H2,1-2H3. The molecule has 0 saturated carbocycles. The van der Waals surface area contributed by atoms with Gasteiger partial charge in [-0.3, -0.25) is 4.99 Å². The molecule has 0 heterocycles. The van der Waals surface area contributed by atoms with E-state index >= 15 is 0 Å². The zero-order valence-electron chi connectivity index (χ0n) is 15.8. The van der Waals surface area contributed by atoms with Crippen molar-refractivity contribution < 1.29 is 9.47 Å². The van der Waals surface area contributed by atoms with Crippen molar-refractivity contribution in [1.82, 2.24) is 0 Å². The van der Waals surface area contributed by atoms with Crippen molar-refractivity contribution in [3.8, 4) is 11.5 Å². The van der Waals surface area contributed by atoms with Crippen molar-refractivity contribution in [2.75, 3.05) is 6.61 Å². The summed E-state index contributed by atoms with van der Waals surface area (Å²) >= 11 is 12.1. The van der Waals surface area contributed by atoms with Gasteiger partial charge >= 0.3 is 0 Å². The first kappa shape index (κ1) is 20.2. The molecule has 3 rings (SSSR count). The fraction of sp³-hybridized carbons (Fsp3) is 0.174. The maximum Gasteiger partial charge on any atom is 0.161 e. The van der Waals surface area contributed by atoms with Crippen LogP contribution in [-0.2, 0) is 6.61 Å². The summed E-state index contributed by atoms with van der Waals surface area (Å²) in [5.41, 5.74) is 3.81. The van der Waals surface area contributed by atoms with Crippen LogP contribution in [0, 0.1) is 6.92 Å². The van der Waals surface area contributed by atoms with Crippen LogP contribution >= 0.6 is 23.2 Å². The molecule has 0 atom stereocenters. The number of nitrogens with zero attached hydrogens (tertiary/aromatic N) is 1. The topological polar surface area (TPSA) is 30.8 Å². The monoisotopic (exact) mass is 413 g/mol. The van der Waals surface area contributed by atoms with Gasteiger partial charge in [0.05, 0.1) is 12.3 Å². The smallest absolute Gasteiger partial charge is 0.161 e. The Kier molecular flexibility index (Phi) is 6.96. The molecule has 0 amide bonds. The van der Waals surface area contributed by atoms with Gasteiger partial charge in [-0.1, -0.05) is 41.4 Å². The molecule has 0 saturated heterocycles. The minimum absolute atomic E-state index is 0.412. The zero-order chi connectivity index (χ0) is 19.9. The Labute approximate surface area is 175 Å². The fourth-order valence-corrected chi connectivity index (χ4v) is 3.03. The van der Waals surface area contributed by atoms with Crippen LogP contribution < -0.4 is 9.47 Å². The maximum atomic E-state index is 6.06. The average molecular weight is 414 g/mol. The molecule has 0 aromatic heterocycles.